The second kappa shape index (κ2) is 5.31. The van der Waals surface area contributed by atoms with Crippen LogP contribution in [0.4, 0.5) is 0 Å². The lowest BCUT2D eigenvalue weighted by atomic mass is 9.74. The molecule has 15 heavy (non-hydrogen) atoms. The highest BCUT2D eigenvalue weighted by Crippen LogP contribution is 2.35. The number of aliphatic hydroxyl groups excluding tert-OH is 1. The lowest BCUT2D eigenvalue weighted by Gasteiger charge is -2.36. The molecular weight excluding hydrogens is 186 g/mol. The lowest BCUT2D eigenvalue weighted by molar-refractivity contribution is 0.0785. The van der Waals surface area contributed by atoms with Crippen LogP contribution >= 0.6 is 0 Å². The van der Waals surface area contributed by atoms with Crippen LogP contribution in [0, 0.1) is 5.41 Å². The molecule has 2 heteroatoms. The van der Waals surface area contributed by atoms with Crippen LogP contribution in [0.1, 0.15) is 57.8 Å². The maximum absolute atomic E-state index is 9.58. The van der Waals surface area contributed by atoms with Crippen LogP contribution in [0.3, 0.4) is 0 Å². The molecule has 0 heterocycles. The molecule has 0 aromatic heterocycles. The highest BCUT2D eigenvalue weighted by Gasteiger charge is 2.31. The Kier molecular flexibility index (Phi) is 4.04. The minimum atomic E-state index is 0.223. The van der Waals surface area contributed by atoms with Gasteiger partial charge in [-0.1, -0.05) is 32.1 Å². The van der Waals surface area contributed by atoms with E-state index in [1.807, 2.05) is 0 Å². The summed E-state index contributed by atoms with van der Waals surface area (Å²) < 4.78 is 0. The molecule has 0 unspecified atom stereocenters. The second-order valence-corrected chi connectivity index (χ2v) is 5.58. The average Bonchev–Trinajstić information content (AvgIpc) is 2.81. The maximum Gasteiger partial charge on any atom is 0.0499 e. The van der Waals surface area contributed by atoms with Crippen molar-refractivity contribution in [3.8, 4) is 0 Å². The van der Waals surface area contributed by atoms with Gasteiger partial charge >= 0.3 is 0 Å². The molecule has 88 valence electrons. The van der Waals surface area contributed by atoms with Crippen molar-refractivity contribution in [3.63, 3.8) is 0 Å². The summed E-state index contributed by atoms with van der Waals surface area (Å²) >= 11 is 0. The summed E-state index contributed by atoms with van der Waals surface area (Å²) in [6.45, 7) is 1.43. The zero-order valence-corrected chi connectivity index (χ0v) is 9.80. The van der Waals surface area contributed by atoms with Gasteiger partial charge < -0.3 is 10.4 Å². The second-order valence-electron chi connectivity index (χ2n) is 5.58. The van der Waals surface area contributed by atoms with Gasteiger partial charge in [-0.2, -0.15) is 0 Å². The monoisotopic (exact) mass is 211 g/mol. The fraction of sp³-hybridized carbons (Fsp3) is 1.00. The predicted octanol–water partition coefficient (Wildman–Crippen LogP) is 2.46. The standard InChI is InChI=1S/C13H25NO/c15-11-13(8-4-1-5-9-13)10-14-12-6-2-3-7-12/h12,14-15H,1-11H2. The van der Waals surface area contributed by atoms with Crippen LogP contribution in [0.5, 0.6) is 0 Å². The fourth-order valence-corrected chi connectivity index (χ4v) is 3.18. The Balaban J connectivity index is 1.78. The van der Waals surface area contributed by atoms with Crippen molar-refractivity contribution < 1.29 is 5.11 Å². The zero-order chi connectivity index (χ0) is 10.6. The number of rotatable bonds is 4. The molecule has 0 saturated heterocycles. The van der Waals surface area contributed by atoms with Gasteiger partial charge in [-0.15, -0.1) is 0 Å². The third-order valence-corrected chi connectivity index (χ3v) is 4.37. The summed E-state index contributed by atoms with van der Waals surface area (Å²) in [4.78, 5) is 0. The Morgan fingerprint density at radius 3 is 2.27 bits per heavy atom. The largest absolute Gasteiger partial charge is 0.396 e. The molecule has 2 aliphatic carbocycles. The zero-order valence-electron chi connectivity index (χ0n) is 9.80. The lowest BCUT2D eigenvalue weighted by Crippen LogP contribution is -2.42. The molecule has 2 rings (SSSR count). The van der Waals surface area contributed by atoms with Crippen molar-refractivity contribution in [1.29, 1.82) is 0 Å². The van der Waals surface area contributed by atoms with E-state index in [0.717, 1.165) is 12.6 Å². The summed E-state index contributed by atoms with van der Waals surface area (Å²) in [5.41, 5.74) is 0.223. The predicted molar refractivity (Wildman–Crippen MR) is 62.9 cm³/mol. The molecule has 0 aromatic carbocycles. The van der Waals surface area contributed by atoms with E-state index in [4.69, 9.17) is 0 Å². The van der Waals surface area contributed by atoms with Gasteiger partial charge in [-0.25, -0.2) is 0 Å². The topological polar surface area (TPSA) is 32.3 Å². The smallest absolute Gasteiger partial charge is 0.0499 e. The Hall–Kier alpha value is -0.0800. The average molecular weight is 211 g/mol. The van der Waals surface area contributed by atoms with Crippen LogP contribution < -0.4 is 5.32 Å². The van der Waals surface area contributed by atoms with Crippen LogP contribution in [-0.4, -0.2) is 24.3 Å². The van der Waals surface area contributed by atoms with Crippen LogP contribution in [0.25, 0.3) is 0 Å². The molecule has 0 amide bonds. The van der Waals surface area contributed by atoms with E-state index in [2.05, 4.69) is 5.32 Å². The van der Waals surface area contributed by atoms with Crippen molar-refractivity contribution >= 4 is 0 Å². The van der Waals surface area contributed by atoms with Gasteiger partial charge in [0.15, 0.2) is 0 Å². The molecule has 2 aliphatic rings. The SMILES string of the molecule is OCC1(CNC2CCCC2)CCCCC1. The van der Waals surface area contributed by atoms with Gasteiger partial charge in [0.25, 0.3) is 0 Å². The third kappa shape index (κ3) is 2.94. The Morgan fingerprint density at radius 1 is 1.00 bits per heavy atom. The highest BCUT2D eigenvalue weighted by molar-refractivity contribution is 4.86. The van der Waals surface area contributed by atoms with Gasteiger partial charge in [0.2, 0.25) is 0 Å². The summed E-state index contributed by atoms with van der Waals surface area (Å²) in [6, 6.07) is 0.746. The number of aliphatic hydroxyl groups is 1. The van der Waals surface area contributed by atoms with E-state index in [-0.39, 0.29) is 5.41 Å². The minimum absolute atomic E-state index is 0.223. The third-order valence-electron chi connectivity index (χ3n) is 4.37. The van der Waals surface area contributed by atoms with Gasteiger partial charge in [0, 0.05) is 24.6 Å². The Labute approximate surface area is 93.5 Å². The number of hydrogen-bond donors (Lipinski definition) is 2. The molecule has 0 aliphatic heterocycles. The van der Waals surface area contributed by atoms with E-state index < -0.39 is 0 Å². The number of nitrogens with one attached hydrogen (secondary N) is 1. The van der Waals surface area contributed by atoms with Crippen molar-refractivity contribution in [1.82, 2.24) is 5.32 Å². The van der Waals surface area contributed by atoms with Gasteiger partial charge in [0.05, 0.1) is 0 Å². The highest BCUT2D eigenvalue weighted by atomic mass is 16.3. The number of hydrogen-bond acceptors (Lipinski definition) is 2. The molecular formula is C13H25NO. The first-order valence-corrected chi connectivity index (χ1v) is 6.69. The summed E-state index contributed by atoms with van der Waals surface area (Å²) in [5.74, 6) is 0. The van der Waals surface area contributed by atoms with E-state index in [1.165, 1.54) is 57.8 Å². The first-order valence-electron chi connectivity index (χ1n) is 6.69. The first-order chi connectivity index (χ1) is 7.35. The minimum Gasteiger partial charge on any atom is -0.396 e. The molecule has 2 nitrogen and oxygen atoms in total. The normalized spacial score (nSPS) is 27.0. The molecule has 2 fully saturated rings. The van der Waals surface area contributed by atoms with Crippen molar-refractivity contribution in [2.24, 2.45) is 5.41 Å². The molecule has 0 bridgehead atoms. The van der Waals surface area contributed by atoms with E-state index in [9.17, 15) is 5.11 Å². The molecule has 0 atom stereocenters. The van der Waals surface area contributed by atoms with E-state index >= 15 is 0 Å². The summed E-state index contributed by atoms with van der Waals surface area (Å²) in [7, 11) is 0. The molecule has 2 saturated carbocycles. The van der Waals surface area contributed by atoms with E-state index in [0.29, 0.717) is 6.61 Å². The van der Waals surface area contributed by atoms with Crippen molar-refractivity contribution in [2.75, 3.05) is 13.2 Å². The van der Waals surface area contributed by atoms with Gasteiger partial charge in [-0.3, -0.25) is 0 Å². The van der Waals surface area contributed by atoms with Crippen LogP contribution in [-0.2, 0) is 0 Å². The molecule has 0 aromatic rings. The summed E-state index contributed by atoms with van der Waals surface area (Å²) in [6.07, 6.45) is 11.9. The van der Waals surface area contributed by atoms with Crippen LogP contribution in [0.2, 0.25) is 0 Å². The molecule has 0 radical (unpaired) electrons. The first kappa shape index (κ1) is 11.4. The Bertz CT molecular complexity index is 181. The van der Waals surface area contributed by atoms with E-state index in [1.54, 1.807) is 0 Å². The van der Waals surface area contributed by atoms with Crippen molar-refractivity contribution in [2.45, 2.75) is 63.8 Å². The molecule has 2 N–H and O–H groups in total. The quantitative estimate of drug-likeness (QED) is 0.748. The van der Waals surface area contributed by atoms with Crippen molar-refractivity contribution in [3.05, 3.63) is 0 Å². The maximum atomic E-state index is 9.58. The van der Waals surface area contributed by atoms with Crippen LogP contribution in [0.15, 0.2) is 0 Å². The Morgan fingerprint density at radius 2 is 1.67 bits per heavy atom. The fourth-order valence-electron chi connectivity index (χ4n) is 3.18. The van der Waals surface area contributed by atoms with Gasteiger partial charge in [-0.05, 0) is 25.7 Å². The van der Waals surface area contributed by atoms with Gasteiger partial charge in [0.1, 0.15) is 0 Å². The summed E-state index contributed by atoms with van der Waals surface area (Å²) in [5, 5.41) is 13.3. The molecule has 0 spiro atoms.